The van der Waals surface area contributed by atoms with E-state index >= 15 is 0 Å². The molecule has 6 heteroatoms. The minimum Gasteiger partial charge on any atom is -0.530 e. The van der Waals surface area contributed by atoms with Gasteiger partial charge in [-0.15, -0.1) is 0 Å². The molecule has 14 heavy (non-hydrogen) atoms. The van der Waals surface area contributed by atoms with Gasteiger partial charge >= 0.3 is 6.61 Å². The number of hydrogen-bond acceptors (Lipinski definition) is 3. The number of hydrogen-bond donors (Lipinski definition) is 0. The van der Waals surface area contributed by atoms with E-state index in [1.54, 1.807) is 0 Å². The van der Waals surface area contributed by atoms with E-state index in [0.717, 1.165) is 0 Å². The third kappa shape index (κ3) is 3.45. The number of carbonyl (C=O) groups is 1. The highest BCUT2D eigenvalue weighted by Gasteiger charge is 2.20. The lowest BCUT2D eigenvalue weighted by Crippen LogP contribution is -2.46. The number of halogens is 2. The first-order chi connectivity index (χ1) is 6.59. The van der Waals surface area contributed by atoms with Crippen molar-refractivity contribution in [3.63, 3.8) is 0 Å². The van der Waals surface area contributed by atoms with Gasteiger partial charge < -0.3 is 19.5 Å². The second-order valence-corrected chi connectivity index (χ2v) is 3.29. The van der Waals surface area contributed by atoms with Gasteiger partial charge in [0.2, 0.25) is 0 Å². The number of amides is 1. The molecule has 82 valence electrons. The van der Waals surface area contributed by atoms with Crippen LogP contribution in [0.3, 0.4) is 0 Å². The second kappa shape index (κ2) is 5.09. The molecule has 0 aromatic heterocycles. The summed E-state index contributed by atoms with van der Waals surface area (Å²) in [5.74, 6) is 0.0274. The Morgan fingerprint density at radius 3 is 2.50 bits per heavy atom. The van der Waals surface area contributed by atoms with Gasteiger partial charge in [0.15, 0.2) is 0 Å². The van der Waals surface area contributed by atoms with Gasteiger partial charge in [0, 0.05) is 13.1 Å². The smallest absolute Gasteiger partial charge is 0.345 e. The van der Waals surface area contributed by atoms with Gasteiger partial charge in [0.25, 0.3) is 0 Å². The van der Waals surface area contributed by atoms with E-state index in [0.29, 0.717) is 25.9 Å². The first-order valence-electron chi connectivity index (χ1n) is 4.45. The molecule has 1 aliphatic heterocycles. The van der Waals surface area contributed by atoms with Crippen LogP contribution in [-0.4, -0.2) is 37.3 Å². The van der Waals surface area contributed by atoms with Crippen LogP contribution in [0.4, 0.5) is 13.6 Å². The van der Waals surface area contributed by atoms with Crippen LogP contribution in [0.15, 0.2) is 0 Å². The van der Waals surface area contributed by atoms with Crippen LogP contribution in [0.1, 0.15) is 12.8 Å². The predicted molar refractivity (Wildman–Crippen MR) is 41.6 cm³/mol. The molecule has 0 atom stereocenters. The Bertz CT molecular complexity index is 193. The van der Waals surface area contributed by atoms with Crippen molar-refractivity contribution in [3.8, 4) is 0 Å². The second-order valence-electron chi connectivity index (χ2n) is 3.29. The first kappa shape index (κ1) is 11.2. The Kier molecular flexibility index (Phi) is 4.06. The van der Waals surface area contributed by atoms with Gasteiger partial charge in [0.05, 0.1) is 6.61 Å². The van der Waals surface area contributed by atoms with E-state index in [1.165, 1.54) is 4.90 Å². The fourth-order valence-corrected chi connectivity index (χ4v) is 1.49. The Hall–Kier alpha value is -0.910. The van der Waals surface area contributed by atoms with Gasteiger partial charge in [-0.2, -0.15) is 8.78 Å². The molecule has 0 saturated carbocycles. The van der Waals surface area contributed by atoms with E-state index in [9.17, 15) is 18.7 Å². The lowest BCUT2D eigenvalue weighted by molar-refractivity contribution is -0.267. The number of piperidine rings is 1. The van der Waals surface area contributed by atoms with Crippen LogP contribution in [0, 0.1) is 5.92 Å². The number of ether oxygens (including phenoxy) is 1. The Labute approximate surface area is 80.4 Å². The quantitative estimate of drug-likeness (QED) is 0.669. The molecule has 0 N–H and O–H groups in total. The summed E-state index contributed by atoms with van der Waals surface area (Å²) in [6, 6.07) is 0. The number of alkyl halides is 2. The van der Waals surface area contributed by atoms with Crippen LogP contribution in [0.5, 0.6) is 0 Å². The normalized spacial score (nSPS) is 18.9. The van der Waals surface area contributed by atoms with Crippen LogP contribution >= 0.6 is 0 Å². The average Bonchev–Trinajstić information content (AvgIpc) is 2.15. The molecule has 0 spiro atoms. The molecule has 1 amide bonds. The molecule has 0 aromatic carbocycles. The summed E-state index contributed by atoms with van der Waals surface area (Å²) in [6.45, 7) is -2.05. The van der Waals surface area contributed by atoms with E-state index in [-0.39, 0.29) is 12.5 Å². The van der Waals surface area contributed by atoms with Crippen LogP contribution in [0.25, 0.3) is 0 Å². The van der Waals surface area contributed by atoms with Crippen molar-refractivity contribution in [1.82, 2.24) is 4.90 Å². The molecule has 1 fully saturated rings. The Morgan fingerprint density at radius 1 is 1.50 bits per heavy atom. The first-order valence-corrected chi connectivity index (χ1v) is 4.45. The van der Waals surface area contributed by atoms with E-state index in [1.807, 2.05) is 0 Å². The van der Waals surface area contributed by atoms with Gasteiger partial charge in [-0.3, -0.25) is 0 Å². The molecule has 1 heterocycles. The summed E-state index contributed by atoms with van der Waals surface area (Å²) in [4.78, 5) is 11.6. The zero-order valence-electron chi connectivity index (χ0n) is 7.62. The van der Waals surface area contributed by atoms with Crippen molar-refractivity contribution >= 4 is 6.09 Å². The molecule has 4 nitrogen and oxygen atoms in total. The molecule has 0 radical (unpaired) electrons. The van der Waals surface area contributed by atoms with Crippen molar-refractivity contribution < 1.29 is 23.4 Å². The zero-order chi connectivity index (χ0) is 10.6. The molecule has 1 rings (SSSR count). The molecule has 1 saturated heterocycles. The molecule has 0 aliphatic carbocycles. The van der Waals surface area contributed by atoms with Crippen molar-refractivity contribution in [1.29, 1.82) is 0 Å². The lowest BCUT2D eigenvalue weighted by Gasteiger charge is -2.33. The topological polar surface area (TPSA) is 52.6 Å². The van der Waals surface area contributed by atoms with Gasteiger partial charge in [-0.1, -0.05) is 0 Å². The molecule has 1 aliphatic rings. The molecular formula is C8H12F2NO3-. The van der Waals surface area contributed by atoms with Crippen molar-refractivity contribution in [2.24, 2.45) is 5.92 Å². The lowest BCUT2D eigenvalue weighted by atomic mass is 9.98. The van der Waals surface area contributed by atoms with Crippen molar-refractivity contribution in [2.45, 2.75) is 19.5 Å². The number of nitrogens with zero attached hydrogens (tertiary/aromatic N) is 1. The van der Waals surface area contributed by atoms with Gasteiger partial charge in [-0.05, 0) is 18.8 Å². The number of carboxylic acid groups (broad SMARTS) is 1. The fourth-order valence-electron chi connectivity index (χ4n) is 1.49. The van der Waals surface area contributed by atoms with Crippen LogP contribution in [-0.2, 0) is 4.74 Å². The maximum atomic E-state index is 11.7. The minimum atomic E-state index is -2.74. The summed E-state index contributed by atoms with van der Waals surface area (Å²) in [6.07, 6.45) is -0.0836. The van der Waals surface area contributed by atoms with Crippen molar-refractivity contribution in [3.05, 3.63) is 0 Å². The van der Waals surface area contributed by atoms with Crippen LogP contribution < -0.4 is 5.11 Å². The SMILES string of the molecule is O=C([O-])N1CCC(COC(F)F)CC1. The highest BCUT2D eigenvalue weighted by atomic mass is 19.3. The maximum absolute atomic E-state index is 11.7. The highest BCUT2D eigenvalue weighted by Crippen LogP contribution is 2.17. The molecule has 0 bridgehead atoms. The Morgan fingerprint density at radius 2 is 2.07 bits per heavy atom. The standard InChI is InChI=1S/C8H13F2NO3/c9-7(10)14-5-6-1-3-11(4-2-6)8(12)13/h6-7H,1-5H2,(H,12,13)/p-1. The largest absolute Gasteiger partial charge is 0.530 e. The zero-order valence-corrected chi connectivity index (χ0v) is 7.62. The van der Waals surface area contributed by atoms with Crippen molar-refractivity contribution in [2.75, 3.05) is 19.7 Å². The summed E-state index contributed by atoms with van der Waals surface area (Å²) >= 11 is 0. The van der Waals surface area contributed by atoms with Gasteiger partial charge in [-0.25, -0.2) is 0 Å². The highest BCUT2D eigenvalue weighted by molar-refractivity contribution is 5.62. The van der Waals surface area contributed by atoms with Crippen LogP contribution in [0.2, 0.25) is 0 Å². The van der Waals surface area contributed by atoms with E-state index in [2.05, 4.69) is 4.74 Å². The fraction of sp³-hybridized carbons (Fsp3) is 0.875. The van der Waals surface area contributed by atoms with E-state index < -0.39 is 12.7 Å². The molecule has 0 unspecified atom stereocenters. The number of rotatable bonds is 3. The summed E-state index contributed by atoms with van der Waals surface area (Å²) in [5.41, 5.74) is 0. The molecule has 0 aromatic rings. The summed E-state index contributed by atoms with van der Waals surface area (Å²) in [7, 11) is 0. The minimum absolute atomic E-state index is 0.00143. The number of carbonyl (C=O) groups excluding carboxylic acids is 1. The van der Waals surface area contributed by atoms with E-state index in [4.69, 9.17) is 0 Å². The third-order valence-corrected chi connectivity index (χ3v) is 2.33. The monoisotopic (exact) mass is 208 g/mol. The number of likely N-dealkylation sites (tertiary alicyclic amines) is 1. The van der Waals surface area contributed by atoms with Gasteiger partial charge in [0.1, 0.15) is 6.09 Å². The third-order valence-electron chi connectivity index (χ3n) is 2.33. The Balaban J connectivity index is 2.19. The molecular weight excluding hydrogens is 196 g/mol. The predicted octanol–water partition coefficient (Wildman–Crippen LogP) is 0.281. The average molecular weight is 208 g/mol. The summed E-state index contributed by atoms with van der Waals surface area (Å²) in [5, 5.41) is 10.4. The summed E-state index contributed by atoms with van der Waals surface area (Å²) < 4.78 is 27.5. The maximum Gasteiger partial charge on any atom is 0.345 e.